The fraction of sp³-hybridized carbons (Fsp3) is 0.143. The largest absolute Gasteiger partial charge is 0.492 e. The fourth-order valence-electron chi connectivity index (χ4n) is 2.37. The van der Waals surface area contributed by atoms with Crippen molar-refractivity contribution in [2.45, 2.75) is 0 Å². The number of benzene rings is 2. The summed E-state index contributed by atoms with van der Waals surface area (Å²) in [4.78, 5) is 25.7. The zero-order valence-electron chi connectivity index (χ0n) is 15.4. The summed E-state index contributed by atoms with van der Waals surface area (Å²) < 4.78 is 10.6. The first-order valence-electron chi connectivity index (χ1n) is 8.77. The summed E-state index contributed by atoms with van der Waals surface area (Å²) in [6.07, 6.45) is 1.44. The number of carbonyl (C=O) groups excluding carboxylic acids is 2. The van der Waals surface area contributed by atoms with Gasteiger partial charge in [0.2, 0.25) is 0 Å². The Morgan fingerprint density at radius 1 is 0.929 bits per heavy atom. The molecule has 0 aliphatic carbocycles. The van der Waals surface area contributed by atoms with Crippen molar-refractivity contribution in [1.82, 2.24) is 4.90 Å². The summed E-state index contributed by atoms with van der Waals surface area (Å²) in [5.41, 5.74) is 1.22. The van der Waals surface area contributed by atoms with Crippen molar-refractivity contribution >= 4 is 23.3 Å². The lowest BCUT2D eigenvalue weighted by Gasteiger charge is -2.18. The van der Waals surface area contributed by atoms with E-state index in [2.05, 4.69) is 10.6 Å². The monoisotopic (exact) mass is 379 g/mol. The molecule has 0 unspecified atom stereocenters. The van der Waals surface area contributed by atoms with E-state index in [-0.39, 0.29) is 17.7 Å². The first kappa shape index (κ1) is 19.0. The van der Waals surface area contributed by atoms with Crippen LogP contribution in [-0.4, -0.2) is 37.0 Å². The number of hydrogen-bond acceptors (Lipinski definition) is 4. The van der Waals surface area contributed by atoms with Crippen LogP contribution in [0.1, 0.15) is 10.6 Å². The maximum Gasteiger partial charge on any atom is 0.321 e. The van der Waals surface area contributed by atoms with Gasteiger partial charge in [-0.15, -0.1) is 0 Å². The molecular weight excluding hydrogens is 358 g/mol. The summed E-state index contributed by atoms with van der Waals surface area (Å²) in [7, 11) is 1.70. The van der Waals surface area contributed by atoms with Crippen LogP contribution in [0.2, 0.25) is 0 Å². The van der Waals surface area contributed by atoms with Gasteiger partial charge >= 0.3 is 6.03 Å². The Bertz CT molecular complexity index is 893. The molecule has 7 nitrogen and oxygen atoms in total. The van der Waals surface area contributed by atoms with Crippen molar-refractivity contribution < 1.29 is 18.7 Å². The van der Waals surface area contributed by atoms with Crippen molar-refractivity contribution in [3.63, 3.8) is 0 Å². The molecule has 0 spiro atoms. The molecule has 2 aromatic carbocycles. The van der Waals surface area contributed by atoms with E-state index in [0.717, 1.165) is 5.75 Å². The van der Waals surface area contributed by atoms with E-state index in [1.165, 1.54) is 11.2 Å². The molecule has 0 saturated heterocycles. The van der Waals surface area contributed by atoms with Crippen LogP contribution in [0.15, 0.2) is 77.4 Å². The number of nitrogens with one attached hydrogen (secondary N) is 2. The molecular formula is C21H21N3O4. The Kier molecular flexibility index (Phi) is 6.30. The van der Waals surface area contributed by atoms with Gasteiger partial charge in [-0.2, -0.15) is 0 Å². The van der Waals surface area contributed by atoms with Crippen LogP contribution < -0.4 is 15.4 Å². The van der Waals surface area contributed by atoms with Crippen LogP contribution in [0.25, 0.3) is 0 Å². The molecule has 0 radical (unpaired) electrons. The predicted octanol–water partition coefficient (Wildman–Crippen LogP) is 4.07. The van der Waals surface area contributed by atoms with Crippen LogP contribution in [0.3, 0.4) is 0 Å². The minimum atomic E-state index is -0.333. The van der Waals surface area contributed by atoms with Crippen LogP contribution >= 0.6 is 0 Å². The maximum absolute atomic E-state index is 12.3. The Morgan fingerprint density at radius 2 is 1.61 bits per heavy atom. The molecule has 7 heteroatoms. The number of furan rings is 1. The number of ether oxygens (including phenoxy) is 1. The smallest absolute Gasteiger partial charge is 0.321 e. The highest BCUT2D eigenvalue weighted by atomic mass is 16.5. The number of likely N-dealkylation sites (N-methyl/N-ethyl adjacent to an activating group) is 1. The predicted molar refractivity (Wildman–Crippen MR) is 107 cm³/mol. The van der Waals surface area contributed by atoms with Gasteiger partial charge < -0.3 is 24.7 Å². The lowest BCUT2D eigenvalue weighted by Crippen LogP contribution is -2.34. The number of amides is 3. The molecule has 0 aliphatic rings. The first-order valence-corrected chi connectivity index (χ1v) is 8.77. The van der Waals surface area contributed by atoms with Crippen LogP contribution in [-0.2, 0) is 0 Å². The Morgan fingerprint density at radius 3 is 2.25 bits per heavy atom. The highest BCUT2D eigenvalue weighted by Gasteiger charge is 2.10. The number of hydrogen-bond donors (Lipinski definition) is 2. The van der Waals surface area contributed by atoms with Gasteiger partial charge in [0.1, 0.15) is 12.4 Å². The Labute approximate surface area is 162 Å². The Hall–Kier alpha value is -3.74. The number of para-hydroxylation sites is 1. The molecule has 0 atom stereocenters. The van der Waals surface area contributed by atoms with Crippen molar-refractivity contribution in [2.24, 2.45) is 0 Å². The average molecular weight is 379 g/mol. The summed E-state index contributed by atoms with van der Waals surface area (Å²) in [5, 5.41) is 5.52. The van der Waals surface area contributed by atoms with Gasteiger partial charge in [-0.25, -0.2) is 4.79 Å². The normalized spacial score (nSPS) is 10.2. The molecule has 0 bridgehead atoms. The number of nitrogens with zero attached hydrogens (tertiary/aromatic N) is 1. The van der Waals surface area contributed by atoms with E-state index in [9.17, 15) is 9.59 Å². The van der Waals surface area contributed by atoms with Gasteiger partial charge in [-0.05, 0) is 48.5 Å². The molecule has 3 aromatic rings. The molecule has 0 aliphatic heterocycles. The fourth-order valence-corrected chi connectivity index (χ4v) is 2.37. The quantitative estimate of drug-likeness (QED) is 0.648. The second kappa shape index (κ2) is 9.27. The number of rotatable bonds is 7. The van der Waals surface area contributed by atoms with Gasteiger partial charge in [-0.1, -0.05) is 18.2 Å². The van der Waals surface area contributed by atoms with Crippen molar-refractivity contribution in [2.75, 3.05) is 30.8 Å². The second-order valence-electron chi connectivity index (χ2n) is 6.02. The topological polar surface area (TPSA) is 83.8 Å². The highest BCUT2D eigenvalue weighted by Crippen LogP contribution is 2.15. The summed E-state index contributed by atoms with van der Waals surface area (Å²) in [5.74, 6) is 0.667. The average Bonchev–Trinajstić information content (AvgIpc) is 3.25. The molecule has 0 fully saturated rings. The third-order valence-corrected chi connectivity index (χ3v) is 3.92. The highest BCUT2D eigenvalue weighted by molar-refractivity contribution is 6.02. The molecule has 1 aromatic heterocycles. The van der Waals surface area contributed by atoms with Crippen LogP contribution in [0.4, 0.5) is 16.2 Å². The summed E-state index contributed by atoms with van der Waals surface area (Å²) >= 11 is 0. The summed E-state index contributed by atoms with van der Waals surface area (Å²) in [6, 6.07) is 19.3. The lowest BCUT2D eigenvalue weighted by atomic mass is 10.2. The SMILES string of the molecule is CN(CCOc1ccccc1)C(=O)Nc1ccc(NC(=O)c2ccco2)cc1. The number of anilines is 2. The van der Waals surface area contributed by atoms with E-state index in [1.54, 1.807) is 43.4 Å². The zero-order valence-corrected chi connectivity index (χ0v) is 15.4. The number of carbonyl (C=O) groups is 2. The van der Waals surface area contributed by atoms with E-state index < -0.39 is 0 Å². The minimum absolute atomic E-state index is 0.233. The van der Waals surface area contributed by atoms with E-state index in [0.29, 0.717) is 24.5 Å². The van der Waals surface area contributed by atoms with Crippen molar-refractivity contribution in [3.05, 3.63) is 78.8 Å². The third-order valence-electron chi connectivity index (χ3n) is 3.92. The molecule has 28 heavy (non-hydrogen) atoms. The first-order chi connectivity index (χ1) is 13.6. The van der Waals surface area contributed by atoms with Crippen LogP contribution in [0.5, 0.6) is 5.75 Å². The molecule has 0 saturated carbocycles. The summed E-state index contributed by atoms with van der Waals surface area (Å²) in [6.45, 7) is 0.837. The zero-order chi connectivity index (χ0) is 19.8. The minimum Gasteiger partial charge on any atom is -0.492 e. The molecule has 144 valence electrons. The molecule has 3 rings (SSSR count). The standard InChI is InChI=1S/C21H21N3O4/c1-24(13-15-27-18-6-3-2-4-7-18)21(26)23-17-11-9-16(10-12-17)22-20(25)19-8-5-14-28-19/h2-12,14H,13,15H2,1H3,(H,22,25)(H,23,26). The van der Waals surface area contributed by atoms with E-state index in [4.69, 9.17) is 9.15 Å². The third kappa shape index (κ3) is 5.38. The molecule has 1 heterocycles. The van der Waals surface area contributed by atoms with Gasteiger partial charge in [-0.3, -0.25) is 4.79 Å². The molecule has 2 N–H and O–H groups in total. The molecule has 3 amide bonds. The Balaban J connectivity index is 1.45. The second-order valence-corrected chi connectivity index (χ2v) is 6.02. The van der Waals surface area contributed by atoms with Gasteiger partial charge in [0.05, 0.1) is 12.8 Å². The maximum atomic E-state index is 12.3. The van der Waals surface area contributed by atoms with Gasteiger partial charge in [0.25, 0.3) is 5.91 Å². The van der Waals surface area contributed by atoms with E-state index >= 15 is 0 Å². The van der Waals surface area contributed by atoms with Gasteiger partial charge in [0, 0.05) is 18.4 Å². The van der Waals surface area contributed by atoms with Gasteiger partial charge in [0.15, 0.2) is 5.76 Å². The number of urea groups is 1. The van der Waals surface area contributed by atoms with Crippen molar-refractivity contribution in [3.8, 4) is 5.75 Å². The van der Waals surface area contributed by atoms with Crippen molar-refractivity contribution in [1.29, 1.82) is 0 Å². The van der Waals surface area contributed by atoms with E-state index in [1.807, 2.05) is 30.3 Å². The lowest BCUT2D eigenvalue weighted by molar-refractivity contribution is 0.0996. The van der Waals surface area contributed by atoms with Crippen LogP contribution in [0, 0.1) is 0 Å².